The lowest BCUT2D eigenvalue weighted by atomic mass is 9.80. The average Bonchev–Trinajstić information content (AvgIpc) is 2.04. The number of anilines is 1. The van der Waals surface area contributed by atoms with Crippen LogP contribution in [-0.4, -0.2) is 22.4 Å². The first-order chi connectivity index (χ1) is 5.61. The van der Waals surface area contributed by atoms with E-state index in [-0.39, 0.29) is 16.4 Å². The second-order valence-electron chi connectivity index (χ2n) is 2.24. The fourth-order valence-corrected chi connectivity index (χ4v) is 0.804. The minimum absolute atomic E-state index is 0.0411. The van der Waals surface area contributed by atoms with E-state index in [1.165, 1.54) is 24.3 Å². The van der Waals surface area contributed by atoms with Crippen LogP contribution in [0.3, 0.4) is 0 Å². The van der Waals surface area contributed by atoms with Gasteiger partial charge >= 0.3 is 7.12 Å². The number of benzene rings is 1. The van der Waals surface area contributed by atoms with Gasteiger partial charge in [-0.15, -0.1) is 0 Å². The summed E-state index contributed by atoms with van der Waals surface area (Å²) in [5.41, 5.74) is 0.114. The molecule has 5 nitrogen and oxygen atoms in total. The van der Waals surface area contributed by atoms with Gasteiger partial charge in [0.1, 0.15) is 0 Å². The van der Waals surface area contributed by atoms with Crippen LogP contribution in [0.1, 0.15) is 0 Å². The summed E-state index contributed by atoms with van der Waals surface area (Å²) in [6.45, 7) is 0. The molecular weight excluding hydrogens is 161 g/mol. The van der Waals surface area contributed by atoms with E-state index in [0.717, 1.165) is 0 Å². The Morgan fingerprint density at radius 3 is 2.50 bits per heavy atom. The predicted molar refractivity (Wildman–Crippen MR) is 43.9 cm³/mol. The van der Waals surface area contributed by atoms with E-state index < -0.39 is 7.12 Å². The van der Waals surface area contributed by atoms with Crippen molar-refractivity contribution in [3.8, 4) is 0 Å². The summed E-state index contributed by atoms with van der Waals surface area (Å²) >= 11 is 0. The van der Waals surface area contributed by atoms with Crippen LogP contribution in [0, 0.1) is 5.21 Å². The van der Waals surface area contributed by atoms with Crippen molar-refractivity contribution in [2.75, 3.05) is 5.23 Å². The van der Waals surface area contributed by atoms with Crippen LogP contribution in [0.2, 0.25) is 0 Å². The summed E-state index contributed by atoms with van der Waals surface area (Å²) < 4.78 is 0. The van der Waals surface area contributed by atoms with Crippen molar-refractivity contribution >= 4 is 18.3 Å². The van der Waals surface area contributed by atoms with Gasteiger partial charge < -0.3 is 20.5 Å². The highest BCUT2D eigenvalue weighted by molar-refractivity contribution is 6.58. The molecule has 0 radical (unpaired) electrons. The molecule has 0 saturated heterocycles. The van der Waals surface area contributed by atoms with Gasteiger partial charge in [-0.2, -0.15) is 0 Å². The second kappa shape index (κ2) is 3.55. The van der Waals surface area contributed by atoms with E-state index in [0.29, 0.717) is 0 Å². The Morgan fingerprint density at radius 2 is 2.00 bits per heavy atom. The van der Waals surface area contributed by atoms with E-state index in [9.17, 15) is 5.21 Å². The lowest BCUT2D eigenvalue weighted by Gasteiger charge is -2.21. The van der Waals surface area contributed by atoms with Crippen LogP contribution < -0.4 is 10.7 Å². The molecule has 0 heterocycles. The molecule has 0 aliphatic rings. The Balaban J connectivity index is 2.96. The van der Waals surface area contributed by atoms with E-state index in [4.69, 9.17) is 15.3 Å². The fourth-order valence-electron chi connectivity index (χ4n) is 0.804. The SMILES string of the molecule is [O-]N(O)c1cccc(B(O)O)c1. The zero-order chi connectivity index (χ0) is 9.14. The summed E-state index contributed by atoms with van der Waals surface area (Å²) in [6, 6.07) is 5.39. The van der Waals surface area contributed by atoms with Crippen molar-refractivity contribution < 1.29 is 15.3 Å². The first kappa shape index (κ1) is 9.02. The van der Waals surface area contributed by atoms with Gasteiger partial charge in [0, 0.05) is 0 Å². The lowest BCUT2D eigenvalue weighted by molar-refractivity contribution is 0.296. The Bertz CT molecular complexity index is 242. The molecular formula is C6H7BNO4-. The first-order valence-electron chi connectivity index (χ1n) is 3.23. The molecule has 0 bridgehead atoms. The smallest absolute Gasteiger partial charge is 0.488 e. The standard InChI is InChI=1S/C6H7BNO4/c9-7(10)5-2-1-3-6(4-5)8(11)12/h1-4,9-11H/q-1. The maximum atomic E-state index is 10.3. The highest BCUT2D eigenvalue weighted by Crippen LogP contribution is 2.07. The van der Waals surface area contributed by atoms with Crippen molar-refractivity contribution in [2.45, 2.75) is 0 Å². The van der Waals surface area contributed by atoms with Gasteiger partial charge in [-0.25, -0.2) is 0 Å². The highest BCUT2D eigenvalue weighted by Gasteiger charge is 2.10. The third-order valence-electron chi connectivity index (χ3n) is 1.39. The molecule has 0 unspecified atom stereocenters. The maximum absolute atomic E-state index is 10.3. The van der Waals surface area contributed by atoms with Crippen LogP contribution in [0.25, 0.3) is 0 Å². The van der Waals surface area contributed by atoms with E-state index in [1.54, 1.807) is 0 Å². The second-order valence-corrected chi connectivity index (χ2v) is 2.24. The van der Waals surface area contributed by atoms with Crippen LogP contribution in [-0.2, 0) is 0 Å². The molecule has 0 amide bonds. The summed E-state index contributed by atoms with van der Waals surface area (Å²) in [5, 5.41) is 35.8. The van der Waals surface area contributed by atoms with Crippen molar-refractivity contribution in [2.24, 2.45) is 0 Å². The molecule has 0 spiro atoms. The molecule has 6 heteroatoms. The van der Waals surface area contributed by atoms with Gasteiger partial charge in [0.05, 0.1) is 5.69 Å². The molecule has 12 heavy (non-hydrogen) atoms. The molecule has 0 aliphatic heterocycles. The maximum Gasteiger partial charge on any atom is 0.488 e. The van der Waals surface area contributed by atoms with Crippen LogP contribution in [0.5, 0.6) is 0 Å². The zero-order valence-corrected chi connectivity index (χ0v) is 6.08. The van der Waals surface area contributed by atoms with Crippen molar-refractivity contribution in [3.63, 3.8) is 0 Å². The monoisotopic (exact) mass is 168 g/mol. The molecule has 3 N–H and O–H groups in total. The van der Waals surface area contributed by atoms with Crippen molar-refractivity contribution in [1.29, 1.82) is 0 Å². The van der Waals surface area contributed by atoms with Gasteiger partial charge in [-0.05, 0) is 17.6 Å². The molecule has 64 valence electrons. The first-order valence-corrected chi connectivity index (χ1v) is 3.23. The Labute approximate surface area is 69.2 Å². The third-order valence-corrected chi connectivity index (χ3v) is 1.39. The molecule has 0 saturated carbocycles. The predicted octanol–water partition coefficient (Wildman–Crippen LogP) is -0.940. The fraction of sp³-hybridized carbons (Fsp3) is 0. The van der Waals surface area contributed by atoms with Crippen molar-refractivity contribution in [1.82, 2.24) is 0 Å². The lowest BCUT2D eigenvalue weighted by Crippen LogP contribution is -2.30. The molecule has 1 rings (SSSR count). The Morgan fingerprint density at radius 1 is 1.33 bits per heavy atom. The number of hydrogen-bond donors (Lipinski definition) is 3. The molecule has 0 fully saturated rings. The third kappa shape index (κ3) is 1.96. The topological polar surface area (TPSA) is 87.0 Å². The Kier molecular flexibility index (Phi) is 2.67. The van der Waals surface area contributed by atoms with Gasteiger partial charge in [-0.3, -0.25) is 5.21 Å². The van der Waals surface area contributed by atoms with Crippen LogP contribution in [0.4, 0.5) is 5.69 Å². The van der Waals surface area contributed by atoms with Gasteiger partial charge in [-0.1, -0.05) is 12.1 Å². The normalized spacial score (nSPS) is 9.67. The number of rotatable bonds is 2. The minimum atomic E-state index is -1.63. The zero-order valence-electron chi connectivity index (χ0n) is 6.08. The highest BCUT2D eigenvalue weighted by atomic mass is 16.8. The Hall–Kier alpha value is -1.08. The molecule has 1 aromatic carbocycles. The van der Waals surface area contributed by atoms with Gasteiger partial charge in [0.2, 0.25) is 0 Å². The average molecular weight is 168 g/mol. The van der Waals surface area contributed by atoms with Gasteiger partial charge in [0.15, 0.2) is 0 Å². The van der Waals surface area contributed by atoms with Crippen molar-refractivity contribution in [3.05, 3.63) is 29.5 Å². The van der Waals surface area contributed by atoms with Gasteiger partial charge in [0.25, 0.3) is 0 Å². The quantitative estimate of drug-likeness (QED) is 0.391. The summed E-state index contributed by atoms with van der Waals surface area (Å²) in [6.07, 6.45) is 0. The van der Waals surface area contributed by atoms with E-state index in [1.807, 2.05) is 0 Å². The van der Waals surface area contributed by atoms with E-state index >= 15 is 0 Å². The molecule has 1 aromatic rings. The number of hydrogen-bond acceptors (Lipinski definition) is 5. The largest absolute Gasteiger partial charge is 0.733 e. The minimum Gasteiger partial charge on any atom is -0.733 e. The molecule has 0 aliphatic carbocycles. The van der Waals surface area contributed by atoms with Crippen LogP contribution >= 0.6 is 0 Å². The summed E-state index contributed by atoms with van der Waals surface area (Å²) in [4.78, 5) is 0. The van der Waals surface area contributed by atoms with Crippen LogP contribution in [0.15, 0.2) is 24.3 Å². The summed E-state index contributed by atoms with van der Waals surface area (Å²) in [5.74, 6) is 0. The molecule has 0 aromatic heterocycles. The molecule has 0 atom stereocenters. The van der Waals surface area contributed by atoms with E-state index in [2.05, 4.69) is 0 Å². The summed E-state index contributed by atoms with van der Waals surface area (Å²) in [7, 11) is -1.63. The number of nitrogens with zero attached hydrogens (tertiary/aromatic N) is 1.